The molecule has 1 aliphatic heterocycles. The summed E-state index contributed by atoms with van der Waals surface area (Å²) in [5.41, 5.74) is 2.27. The third kappa shape index (κ3) is 2.35. The number of halogens is 1. The topological polar surface area (TPSA) is 26.8 Å². The van der Waals surface area contributed by atoms with Gasteiger partial charge in [-0.1, -0.05) is 60.1 Å². The first-order valence-electron chi connectivity index (χ1n) is 6.25. The van der Waals surface area contributed by atoms with Gasteiger partial charge in [-0.15, -0.1) is 0 Å². The standard InChI is InChI=1S/C16H13ClN2/c17-14-9-5-4-8-13(14)16-15(10-18)19(16)11-12-6-2-1-3-7-12/h1-9,15-16H,11H2/t15-,16+,19?/m1/s1. The molecule has 2 aromatic carbocycles. The number of nitrogens with zero attached hydrogens (tertiary/aromatic N) is 2. The van der Waals surface area contributed by atoms with Gasteiger partial charge in [0, 0.05) is 11.6 Å². The van der Waals surface area contributed by atoms with Crippen molar-refractivity contribution in [3.63, 3.8) is 0 Å². The minimum atomic E-state index is -0.0693. The van der Waals surface area contributed by atoms with E-state index in [4.69, 9.17) is 11.6 Å². The van der Waals surface area contributed by atoms with Crippen molar-refractivity contribution >= 4 is 11.6 Å². The first-order chi connectivity index (χ1) is 9.31. The van der Waals surface area contributed by atoms with E-state index in [1.807, 2.05) is 42.5 Å². The van der Waals surface area contributed by atoms with E-state index >= 15 is 0 Å². The van der Waals surface area contributed by atoms with Crippen LogP contribution in [0.5, 0.6) is 0 Å². The maximum absolute atomic E-state index is 9.24. The summed E-state index contributed by atoms with van der Waals surface area (Å²) in [6.07, 6.45) is 0. The summed E-state index contributed by atoms with van der Waals surface area (Å²) in [5.74, 6) is 0. The van der Waals surface area contributed by atoms with E-state index in [9.17, 15) is 5.26 Å². The van der Waals surface area contributed by atoms with Gasteiger partial charge in [-0.25, -0.2) is 0 Å². The van der Waals surface area contributed by atoms with Gasteiger partial charge in [0.2, 0.25) is 0 Å². The Morgan fingerprint density at radius 3 is 2.42 bits per heavy atom. The fourth-order valence-corrected chi connectivity index (χ4v) is 2.72. The van der Waals surface area contributed by atoms with Gasteiger partial charge in [-0.3, -0.25) is 4.90 Å². The van der Waals surface area contributed by atoms with Crippen LogP contribution in [0, 0.1) is 11.3 Å². The number of rotatable bonds is 3. The predicted molar refractivity (Wildman–Crippen MR) is 75.6 cm³/mol. The van der Waals surface area contributed by atoms with Crippen LogP contribution in [0.2, 0.25) is 5.02 Å². The first kappa shape index (κ1) is 12.2. The molecular weight excluding hydrogens is 256 g/mol. The zero-order chi connectivity index (χ0) is 13.2. The molecule has 0 amide bonds. The van der Waals surface area contributed by atoms with E-state index < -0.39 is 0 Å². The van der Waals surface area contributed by atoms with Crippen molar-refractivity contribution in [3.8, 4) is 6.07 Å². The highest BCUT2D eigenvalue weighted by atomic mass is 35.5. The average Bonchev–Trinajstić information content (AvgIpc) is 3.13. The maximum atomic E-state index is 9.24. The van der Waals surface area contributed by atoms with Crippen LogP contribution in [-0.4, -0.2) is 10.9 Å². The third-order valence-corrected chi connectivity index (χ3v) is 3.83. The highest BCUT2D eigenvalue weighted by molar-refractivity contribution is 6.31. The number of hydrogen-bond donors (Lipinski definition) is 0. The molecule has 2 aromatic rings. The fraction of sp³-hybridized carbons (Fsp3) is 0.188. The first-order valence-corrected chi connectivity index (χ1v) is 6.63. The van der Waals surface area contributed by atoms with Gasteiger partial charge in [0.15, 0.2) is 0 Å². The molecule has 0 radical (unpaired) electrons. The second kappa shape index (κ2) is 5.05. The molecule has 0 bridgehead atoms. The lowest BCUT2D eigenvalue weighted by Gasteiger charge is -2.05. The minimum absolute atomic E-state index is 0.0693. The molecule has 0 aromatic heterocycles. The van der Waals surface area contributed by atoms with Gasteiger partial charge in [0.05, 0.1) is 12.1 Å². The van der Waals surface area contributed by atoms with Crippen molar-refractivity contribution in [1.29, 1.82) is 5.26 Å². The van der Waals surface area contributed by atoms with Crippen LogP contribution >= 0.6 is 11.6 Å². The Morgan fingerprint density at radius 2 is 1.74 bits per heavy atom. The summed E-state index contributed by atoms with van der Waals surface area (Å²) < 4.78 is 0. The smallest absolute Gasteiger partial charge is 0.119 e. The maximum Gasteiger partial charge on any atom is 0.119 e. The van der Waals surface area contributed by atoms with E-state index in [-0.39, 0.29) is 12.1 Å². The zero-order valence-electron chi connectivity index (χ0n) is 10.3. The van der Waals surface area contributed by atoms with Crippen LogP contribution in [0.25, 0.3) is 0 Å². The molecule has 1 unspecified atom stereocenters. The minimum Gasteiger partial charge on any atom is -0.272 e. The Kier molecular flexibility index (Phi) is 3.25. The Bertz CT molecular complexity index is 618. The van der Waals surface area contributed by atoms with Gasteiger partial charge >= 0.3 is 0 Å². The molecule has 0 spiro atoms. The second-order valence-corrected chi connectivity index (χ2v) is 5.11. The van der Waals surface area contributed by atoms with Crippen LogP contribution < -0.4 is 0 Å². The van der Waals surface area contributed by atoms with Crippen LogP contribution in [0.15, 0.2) is 54.6 Å². The molecule has 0 N–H and O–H groups in total. The SMILES string of the molecule is N#C[C@@H]1[C@H](c2ccccc2Cl)N1Cc1ccccc1. The molecule has 1 aliphatic rings. The van der Waals surface area contributed by atoms with Crippen molar-refractivity contribution in [2.45, 2.75) is 18.6 Å². The summed E-state index contributed by atoms with van der Waals surface area (Å²) in [6.45, 7) is 0.787. The highest BCUT2D eigenvalue weighted by Gasteiger charge is 2.49. The molecule has 0 saturated carbocycles. The van der Waals surface area contributed by atoms with Gasteiger partial charge in [-0.2, -0.15) is 5.26 Å². The lowest BCUT2D eigenvalue weighted by Crippen LogP contribution is -2.00. The molecular formula is C16H13ClN2. The van der Waals surface area contributed by atoms with Crippen molar-refractivity contribution in [2.24, 2.45) is 0 Å². The number of nitriles is 1. The summed E-state index contributed by atoms with van der Waals surface area (Å²) in [4.78, 5) is 2.16. The number of benzene rings is 2. The summed E-state index contributed by atoms with van der Waals surface area (Å²) >= 11 is 6.21. The molecule has 3 atom stereocenters. The molecule has 2 nitrogen and oxygen atoms in total. The van der Waals surface area contributed by atoms with Crippen molar-refractivity contribution < 1.29 is 0 Å². The molecule has 3 rings (SSSR count). The lowest BCUT2D eigenvalue weighted by molar-refractivity contribution is 0.495. The monoisotopic (exact) mass is 268 g/mol. The summed E-state index contributed by atoms with van der Waals surface area (Å²) in [7, 11) is 0. The van der Waals surface area contributed by atoms with Gasteiger partial charge in [-0.05, 0) is 17.2 Å². The van der Waals surface area contributed by atoms with Crippen LogP contribution in [0.3, 0.4) is 0 Å². The quantitative estimate of drug-likeness (QED) is 0.792. The van der Waals surface area contributed by atoms with Gasteiger partial charge < -0.3 is 0 Å². The van der Waals surface area contributed by atoms with E-state index in [0.29, 0.717) is 0 Å². The molecule has 0 aliphatic carbocycles. The molecule has 94 valence electrons. The van der Waals surface area contributed by atoms with Crippen molar-refractivity contribution in [1.82, 2.24) is 4.90 Å². The Morgan fingerprint density at radius 1 is 1.05 bits per heavy atom. The van der Waals surface area contributed by atoms with Gasteiger partial charge in [0.1, 0.15) is 6.04 Å². The van der Waals surface area contributed by atoms with Crippen molar-refractivity contribution in [2.75, 3.05) is 0 Å². The van der Waals surface area contributed by atoms with Crippen LogP contribution in [0.1, 0.15) is 17.2 Å². The molecule has 19 heavy (non-hydrogen) atoms. The van der Waals surface area contributed by atoms with E-state index in [1.165, 1.54) is 5.56 Å². The van der Waals surface area contributed by atoms with E-state index in [0.717, 1.165) is 17.1 Å². The normalized spacial score (nSPS) is 24.7. The summed E-state index contributed by atoms with van der Waals surface area (Å²) in [6, 6.07) is 20.4. The molecule has 1 heterocycles. The lowest BCUT2D eigenvalue weighted by atomic mass is 10.1. The third-order valence-electron chi connectivity index (χ3n) is 3.49. The van der Waals surface area contributed by atoms with Crippen LogP contribution in [0.4, 0.5) is 0 Å². The van der Waals surface area contributed by atoms with E-state index in [2.05, 4.69) is 23.1 Å². The Balaban J connectivity index is 1.81. The molecule has 1 saturated heterocycles. The molecule has 1 fully saturated rings. The largest absolute Gasteiger partial charge is 0.272 e. The Hall–Kier alpha value is -1.82. The summed E-state index contributed by atoms with van der Waals surface area (Å²) in [5, 5.41) is 9.98. The van der Waals surface area contributed by atoms with Crippen molar-refractivity contribution in [3.05, 3.63) is 70.7 Å². The Labute approximate surface area is 117 Å². The fourth-order valence-electron chi connectivity index (χ4n) is 2.48. The predicted octanol–water partition coefficient (Wildman–Crippen LogP) is 3.79. The van der Waals surface area contributed by atoms with Gasteiger partial charge in [0.25, 0.3) is 0 Å². The average molecular weight is 269 g/mol. The van der Waals surface area contributed by atoms with E-state index in [1.54, 1.807) is 0 Å². The highest BCUT2D eigenvalue weighted by Crippen LogP contribution is 2.46. The number of hydrogen-bond acceptors (Lipinski definition) is 2. The van der Waals surface area contributed by atoms with Crippen LogP contribution in [-0.2, 0) is 6.54 Å². The molecule has 3 heteroatoms. The zero-order valence-corrected chi connectivity index (χ0v) is 11.1. The second-order valence-electron chi connectivity index (χ2n) is 4.70.